The van der Waals surface area contributed by atoms with E-state index in [0.29, 0.717) is 0 Å². The average Bonchev–Trinajstić information content (AvgIpc) is 2.77. The van der Waals surface area contributed by atoms with Gasteiger partial charge in [0.2, 0.25) is 5.16 Å². The summed E-state index contributed by atoms with van der Waals surface area (Å²) in [6.45, 7) is 1.87. The van der Waals surface area contributed by atoms with Gasteiger partial charge in [-0.05, 0) is 30.9 Å². The largest absolute Gasteiger partial charge is 0.497 e. The first-order chi connectivity index (χ1) is 8.74. The van der Waals surface area contributed by atoms with Gasteiger partial charge in [0, 0.05) is 0 Å². The van der Waals surface area contributed by atoms with Crippen molar-refractivity contribution in [3.05, 3.63) is 35.7 Å². The molecule has 94 valence electrons. The first kappa shape index (κ1) is 12.6. The number of aryl methyl sites for hydroxylation is 1. The summed E-state index contributed by atoms with van der Waals surface area (Å²) in [6, 6.07) is 7.70. The standard InChI is InChI=1S/C12H14N4OS/c1-9-14-15-12(18-3)16(9)13-8-10-5-4-6-11(7-10)17-2/h4-8H,1-3H3/b13-8-. The molecule has 0 saturated heterocycles. The van der Waals surface area contributed by atoms with Gasteiger partial charge in [0.1, 0.15) is 5.75 Å². The minimum absolute atomic E-state index is 0.762. The fourth-order valence-electron chi connectivity index (χ4n) is 1.44. The van der Waals surface area contributed by atoms with Crippen molar-refractivity contribution in [1.82, 2.24) is 14.9 Å². The minimum atomic E-state index is 0.762. The van der Waals surface area contributed by atoms with Gasteiger partial charge < -0.3 is 4.74 Å². The molecule has 2 rings (SSSR count). The van der Waals surface area contributed by atoms with Gasteiger partial charge in [-0.1, -0.05) is 23.9 Å². The molecule has 0 aliphatic rings. The molecule has 0 atom stereocenters. The molecular formula is C12H14N4OS. The number of thioether (sulfide) groups is 1. The number of aromatic nitrogens is 3. The Morgan fingerprint density at radius 3 is 2.94 bits per heavy atom. The van der Waals surface area contributed by atoms with E-state index >= 15 is 0 Å². The number of hydrogen-bond acceptors (Lipinski definition) is 5. The van der Waals surface area contributed by atoms with E-state index in [1.807, 2.05) is 37.4 Å². The summed E-state index contributed by atoms with van der Waals surface area (Å²) in [5.41, 5.74) is 0.967. The molecule has 0 unspecified atom stereocenters. The molecule has 1 aromatic carbocycles. The molecule has 1 heterocycles. The molecule has 0 spiro atoms. The van der Waals surface area contributed by atoms with E-state index in [-0.39, 0.29) is 0 Å². The molecule has 2 aromatic rings. The first-order valence-electron chi connectivity index (χ1n) is 5.39. The van der Waals surface area contributed by atoms with Crippen LogP contribution < -0.4 is 4.74 Å². The van der Waals surface area contributed by atoms with Gasteiger partial charge in [-0.2, -0.15) is 9.78 Å². The highest BCUT2D eigenvalue weighted by Crippen LogP contribution is 2.14. The van der Waals surface area contributed by atoms with Crippen LogP contribution in [0, 0.1) is 6.92 Å². The molecule has 0 saturated carbocycles. The molecule has 18 heavy (non-hydrogen) atoms. The van der Waals surface area contributed by atoms with Crippen molar-refractivity contribution in [3.8, 4) is 5.75 Å². The van der Waals surface area contributed by atoms with Crippen molar-refractivity contribution in [3.63, 3.8) is 0 Å². The Labute approximate surface area is 110 Å². The number of benzene rings is 1. The summed E-state index contributed by atoms with van der Waals surface area (Å²) in [5.74, 6) is 1.57. The van der Waals surface area contributed by atoms with Gasteiger partial charge in [-0.25, -0.2) is 0 Å². The van der Waals surface area contributed by atoms with Gasteiger partial charge in [0.15, 0.2) is 5.82 Å². The number of hydrogen-bond donors (Lipinski definition) is 0. The summed E-state index contributed by atoms with van der Waals surface area (Å²) in [7, 11) is 1.64. The maximum Gasteiger partial charge on any atom is 0.211 e. The first-order valence-corrected chi connectivity index (χ1v) is 6.61. The third-order valence-electron chi connectivity index (χ3n) is 2.37. The lowest BCUT2D eigenvalue weighted by Crippen LogP contribution is -1.95. The van der Waals surface area contributed by atoms with Crippen molar-refractivity contribution in [2.45, 2.75) is 12.1 Å². The summed E-state index contributed by atoms with van der Waals surface area (Å²) < 4.78 is 6.88. The normalized spacial score (nSPS) is 11.1. The van der Waals surface area contributed by atoms with Crippen LogP contribution in [0.15, 0.2) is 34.5 Å². The average molecular weight is 262 g/mol. The minimum Gasteiger partial charge on any atom is -0.497 e. The van der Waals surface area contributed by atoms with Crippen LogP contribution in [-0.4, -0.2) is 34.5 Å². The molecule has 0 N–H and O–H groups in total. The van der Waals surface area contributed by atoms with E-state index in [9.17, 15) is 0 Å². The second-order valence-electron chi connectivity index (χ2n) is 3.57. The monoisotopic (exact) mass is 262 g/mol. The second-order valence-corrected chi connectivity index (χ2v) is 4.34. The summed E-state index contributed by atoms with van der Waals surface area (Å²) >= 11 is 1.51. The third kappa shape index (κ3) is 2.70. The summed E-state index contributed by atoms with van der Waals surface area (Å²) in [5, 5.41) is 13.1. The van der Waals surface area contributed by atoms with Crippen LogP contribution in [0.4, 0.5) is 0 Å². The summed E-state index contributed by atoms with van der Waals surface area (Å²) in [6.07, 6.45) is 3.71. The highest BCUT2D eigenvalue weighted by Gasteiger charge is 2.05. The number of methoxy groups -OCH3 is 1. The van der Waals surface area contributed by atoms with Crippen molar-refractivity contribution in [2.24, 2.45) is 5.10 Å². The van der Waals surface area contributed by atoms with Crippen LogP contribution in [0.3, 0.4) is 0 Å². The van der Waals surface area contributed by atoms with Crippen molar-refractivity contribution < 1.29 is 4.74 Å². The highest BCUT2D eigenvalue weighted by molar-refractivity contribution is 7.98. The zero-order valence-corrected chi connectivity index (χ0v) is 11.3. The van der Waals surface area contributed by atoms with Crippen molar-refractivity contribution >= 4 is 18.0 Å². The maximum absolute atomic E-state index is 5.16. The maximum atomic E-state index is 5.16. The zero-order chi connectivity index (χ0) is 13.0. The molecule has 0 bridgehead atoms. The Kier molecular flexibility index (Phi) is 3.99. The van der Waals surface area contributed by atoms with Gasteiger partial charge in [-0.3, -0.25) is 0 Å². The van der Waals surface area contributed by atoms with E-state index < -0.39 is 0 Å². The number of ether oxygens (including phenoxy) is 1. The predicted octanol–water partition coefficient (Wildman–Crippen LogP) is 2.20. The molecule has 0 radical (unpaired) electrons. The quantitative estimate of drug-likeness (QED) is 0.626. The van der Waals surface area contributed by atoms with Gasteiger partial charge in [0.05, 0.1) is 13.3 Å². The summed E-state index contributed by atoms with van der Waals surface area (Å²) in [4.78, 5) is 0. The molecule has 6 heteroatoms. The Bertz CT molecular complexity index is 565. The molecule has 1 aromatic heterocycles. The van der Waals surface area contributed by atoms with Crippen LogP contribution in [0.1, 0.15) is 11.4 Å². The smallest absolute Gasteiger partial charge is 0.211 e. The number of rotatable bonds is 4. The molecule has 0 aliphatic carbocycles. The van der Waals surface area contributed by atoms with Crippen LogP contribution in [-0.2, 0) is 0 Å². The van der Waals surface area contributed by atoms with Crippen molar-refractivity contribution in [2.75, 3.05) is 13.4 Å². The van der Waals surface area contributed by atoms with Crippen LogP contribution in [0.2, 0.25) is 0 Å². The fourth-order valence-corrected chi connectivity index (χ4v) is 1.92. The Hall–Kier alpha value is -1.82. The van der Waals surface area contributed by atoms with Crippen molar-refractivity contribution in [1.29, 1.82) is 0 Å². The molecular weight excluding hydrogens is 248 g/mol. The zero-order valence-electron chi connectivity index (χ0n) is 10.5. The SMILES string of the molecule is COc1cccc(/C=N\n2c(C)nnc2SC)c1. The van der Waals surface area contributed by atoms with E-state index in [1.54, 1.807) is 18.0 Å². The van der Waals surface area contributed by atoms with Crippen LogP contribution >= 0.6 is 11.8 Å². The van der Waals surface area contributed by atoms with Gasteiger partial charge in [0.25, 0.3) is 0 Å². The molecule has 0 fully saturated rings. The Morgan fingerprint density at radius 1 is 1.39 bits per heavy atom. The van der Waals surface area contributed by atoms with Gasteiger partial charge in [-0.15, -0.1) is 10.2 Å². The topological polar surface area (TPSA) is 52.3 Å². The van der Waals surface area contributed by atoms with E-state index in [1.165, 1.54) is 11.8 Å². The third-order valence-corrected chi connectivity index (χ3v) is 2.99. The molecule has 5 nitrogen and oxygen atoms in total. The predicted molar refractivity (Wildman–Crippen MR) is 72.5 cm³/mol. The Balaban J connectivity index is 2.26. The van der Waals surface area contributed by atoms with E-state index in [0.717, 1.165) is 22.3 Å². The molecule has 0 amide bonds. The van der Waals surface area contributed by atoms with Gasteiger partial charge >= 0.3 is 0 Å². The van der Waals surface area contributed by atoms with Crippen LogP contribution in [0.25, 0.3) is 0 Å². The fraction of sp³-hybridized carbons (Fsp3) is 0.250. The molecule has 0 aliphatic heterocycles. The van der Waals surface area contributed by atoms with E-state index in [4.69, 9.17) is 4.74 Å². The highest BCUT2D eigenvalue weighted by atomic mass is 32.2. The van der Waals surface area contributed by atoms with E-state index in [2.05, 4.69) is 15.3 Å². The second kappa shape index (κ2) is 5.68. The lowest BCUT2D eigenvalue weighted by atomic mass is 10.2. The number of nitrogens with zero attached hydrogens (tertiary/aromatic N) is 4. The lowest BCUT2D eigenvalue weighted by molar-refractivity contribution is 0.414. The lowest BCUT2D eigenvalue weighted by Gasteiger charge is -2.01. The Morgan fingerprint density at radius 2 is 2.22 bits per heavy atom. The van der Waals surface area contributed by atoms with Crippen LogP contribution in [0.5, 0.6) is 5.75 Å².